The van der Waals surface area contributed by atoms with Crippen LogP contribution >= 0.6 is 0 Å². The van der Waals surface area contributed by atoms with E-state index in [4.69, 9.17) is 15.2 Å². The molecule has 0 heterocycles. The Balaban J connectivity index is 2.23. The average Bonchev–Trinajstić information content (AvgIpc) is 2.53. The first-order chi connectivity index (χ1) is 10.2. The summed E-state index contributed by atoms with van der Waals surface area (Å²) in [4.78, 5) is 0. The first kappa shape index (κ1) is 16.2. The third-order valence-corrected chi connectivity index (χ3v) is 4.40. The second-order valence-electron chi connectivity index (χ2n) is 5.71. The Bertz CT molecular complexity index is 446. The molecule has 0 aromatic heterocycles. The molecule has 1 aliphatic rings. The number of ether oxygens (including phenoxy) is 2. The van der Waals surface area contributed by atoms with Gasteiger partial charge in [-0.15, -0.1) is 0 Å². The maximum atomic E-state index is 14.4. The molecule has 21 heavy (non-hydrogen) atoms. The fraction of sp³-hybridized carbons (Fsp3) is 0.647. The maximum Gasteiger partial charge on any atom is 0.169 e. The molecule has 3 nitrogen and oxygen atoms in total. The van der Waals surface area contributed by atoms with E-state index >= 15 is 0 Å². The molecule has 1 fully saturated rings. The van der Waals surface area contributed by atoms with Gasteiger partial charge in [0.1, 0.15) is 0 Å². The van der Waals surface area contributed by atoms with Gasteiger partial charge in [-0.05, 0) is 31.7 Å². The van der Waals surface area contributed by atoms with Crippen LogP contribution in [0, 0.1) is 11.7 Å². The fourth-order valence-corrected chi connectivity index (χ4v) is 3.31. The van der Waals surface area contributed by atoms with Gasteiger partial charge in [0, 0.05) is 12.2 Å². The number of benzene rings is 1. The highest BCUT2D eigenvalue weighted by Crippen LogP contribution is 2.35. The zero-order valence-electron chi connectivity index (χ0n) is 13.0. The Morgan fingerprint density at radius 3 is 2.62 bits per heavy atom. The van der Waals surface area contributed by atoms with Crippen molar-refractivity contribution in [3.05, 3.63) is 29.6 Å². The fourth-order valence-electron chi connectivity index (χ4n) is 3.31. The van der Waals surface area contributed by atoms with Crippen LogP contribution in [-0.2, 0) is 4.74 Å². The number of methoxy groups -OCH3 is 1. The van der Waals surface area contributed by atoms with E-state index in [2.05, 4.69) is 0 Å². The number of hydrogen-bond donors (Lipinski definition) is 1. The molecule has 118 valence electrons. The summed E-state index contributed by atoms with van der Waals surface area (Å²) in [5, 5.41) is 0. The lowest BCUT2D eigenvalue weighted by molar-refractivity contribution is -0.0106. The van der Waals surface area contributed by atoms with E-state index in [1.807, 2.05) is 6.92 Å². The molecule has 2 atom stereocenters. The molecule has 0 bridgehead atoms. The molecule has 1 aromatic rings. The molecule has 1 aromatic carbocycles. The largest absolute Gasteiger partial charge is 0.494 e. The molecule has 0 aliphatic heterocycles. The molecule has 1 aliphatic carbocycles. The predicted molar refractivity (Wildman–Crippen MR) is 81.9 cm³/mol. The van der Waals surface area contributed by atoms with Gasteiger partial charge >= 0.3 is 0 Å². The van der Waals surface area contributed by atoms with Crippen LogP contribution in [0.5, 0.6) is 5.75 Å². The van der Waals surface area contributed by atoms with Gasteiger partial charge in [-0.1, -0.05) is 31.4 Å². The highest BCUT2D eigenvalue weighted by molar-refractivity contribution is 5.33. The van der Waals surface area contributed by atoms with E-state index < -0.39 is 6.04 Å². The minimum absolute atomic E-state index is 0.128. The lowest BCUT2D eigenvalue weighted by atomic mass is 9.81. The van der Waals surface area contributed by atoms with Gasteiger partial charge < -0.3 is 15.2 Å². The van der Waals surface area contributed by atoms with Crippen molar-refractivity contribution in [2.45, 2.75) is 51.2 Å². The summed E-state index contributed by atoms with van der Waals surface area (Å²) < 4.78 is 25.4. The first-order valence-electron chi connectivity index (χ1n) is 7.88. The maximum absolute atomic E-state index is 14.4. The van der Waals surface area contributed by atoms with Crippen molar-refractivity contribution in [3.63, 3.8) is 0 Å². The summed E-state index contributed by atoms with van der Waals surface area (Å²) in [7, 11) is 1.47. The third kappa shape index (κ3) is 3.74. The predicted octanol–water partition coefficient (Wildman–Crippen LogP) is 3.82. The van der Waals surface area contributed by atoms with Crippen LogP contribution in [0.2, 0.25) is 0 Å². The van der Waals surface area contributed by atoms with Crippen molar-refractivity contribution in [1.29, 1.82) is 0 Å². The summed E-state index contributed by atoms with van der Waals surface area (Å²) in [5.41, 5.74) is 6.84. The first-order valence-corrected chi connectivity index (χ1v) is 7.88. The minimum Gasteiger partial charge on any atom is -0.494 e. The molecule has 4 heteroatoms. The van der Waals surface area contributed by atoms with Gasteiger partial charge in [0.05, 0.1) is 19.3 Å². The van der Waals surface area contributed by atoms with Gasteiger partial charge in [-0.2, -0.15) is 0 Å². The number of rotatable bonds is 6. The van der Waals surface area contributed by atoms with Gasteiger partial charge in [0.2, 0.25) is 0 Å². The highest BCUT2D eigenvalue weighted by Gasteiger charge is 2.31. The van der Waals surface area contributed by atoms with Crippen molar-refractivity contribution >= 4 is 0 Å². The molecule has 1 saturated carbocycles. The SMILES string of the molecule is CCOC(C1CCCCC1)C(N)c1cccc(OC)c1F. The van der Waals surface area contributed by atoms with Gasteiger partial charge in [-0.25, -0.2) is 4.39 Å². The standard InChI is InChI=1S/C17H26FNO2/c1-3-21-17(12-8-5-4-6-9-12)16(19)13-10-7-11-14(20-2)15(13)18/h7,10-12,16-17H,3-6,8-9,19H2,1-2H3. The Labute approximate surface area is 126 Å². The normalized spacial score (nSPS) is 19.2. The Kier molecular flexibility index (Phi) is 6.00. The Morgan fingerprint density at radius 1 is 1.29 bits per heavy atom. The van der Waals surface area contributed by atoms with Crippen LogP contribution in [0.4, 0.5) is 4.39 Å². The average molecular weight is 295 g/mol. The minimum atomic E-state index is -0.455. The van der Waals surface area contributed by atoms with E-state index in [1.165, 1.54) is 26.4 Å². The zero-order valence-corrected chi connectivity index (χ0v) is 13.0. The molecule has 2 rings (SSSR count). The summed E-state index contributed by atoms with van der Waals surface area (Å²) >= 11 is 0. The smallest absolute Gasteiger partial charge is 0.169 e. The van der Waals surface area contributed by atoms with Crippen LogP contribution < -0.4 is 10.5 Å². The van der Waals surface area contributed by atoms with E-state index in [9.17, 15) is 4.39 Å². The van der Waals surface area contributed by atoms with Crippen LogP contribution in [0.3, 0.4) is 0 Å². The molecule has 0 spiro atoms. The second-order valence-corrected chi connectivity index (χ2v) is 5.71. The molecule has 0 amide bonds. The lowest BCUT2D eigenvalue weighted by Gasteiger charge is -2.34. The van der Waals surface area contributed by atoms with Crippen molar-refractivity contribution in [2.24, 2.45) is 11.7 Å². The monoisotopic (exact) mass is 295 g/mol. The van der Waals surface area contributed by atoms with E-state index in [0.717, 1.165) is 12.8 Å². The number of nitrogens with two attached hydrogens (primary N) is 1. The Morgan fingerprint density at radius 2 is 2.00 bits per heavy atom. The molecule has 2 N–H and O–H groups in total. The van der Waals surface area contributed by atoms with Crippen molar-refractivity contribution in [2.75, 3.05) is 13.7 Å². The van der Waals surface area contributed by atoms with Crippen LogP contribution in [-0.4, -0.2) is 19.8 Å². The van der Waals surface area contributed by atoms with Gasteiger partial charge in [-0.3, -0.25) is 0 Å². The summed E-state index contributed by atoms with van der Waals surface area (Å²) in [6, 6.07) is 4.67. The number of halogens is 1. The van der Waals surface area contributed by atoms with E-state index in [-0.39, 0.29) is 17.7 Å². The van der Waals surface area contributed by atoms with Crippen LogP contribution in [0.15, 0.2) is 18.2 Å². The van der Waals surface area contributed by atoms with Gasteiger partial charge in [0.15, 0.2) is 11.6 Å². The molecular formula is C17H26FNO2. The van der Waals surface area contributed by atoms with E-state index in [1.54, 1.807) is 18.2 Å². The van der Waals surface area contributed by atoms with Crippen molar-refractivity contribution in [3.8, 4) is 5.75 Å². The van der Waals surface area contributed by atoms with Crippen molar-refractivity contribution in [1.82, 2.24) is 0 Å². The lowest BCUT2D eigenvalue weighted by Crippen LogP contribution is -2.37. The quantitative estimate of drug-likeness (QED) is 0.867. The topological polar surface area (TPSA) is 44.5 Å². The summed E-state index contributed by atoms with van der Waals surface area (Å²) in [6.07, 6.45) is 5.80. The van der Waals surface area contributed by atoms with Gasteiger partial charge in [0.25, 0.3) is 0 Å². The highest BCUT2D eigenvalue weighted by atomic mass is 19.1. The Hall–Kier alpha value is -1.13. The summed E-state index contributed by atoms with van der Waals surface area (Å²) in [6.45, 7) is 2.56. The third-order valence-electron chi connectivity index (χ3n) is 4.40. The summed E-state index contributed by atoms with van der Waals surface area (Å²) in [5.74, 6) is 0.286. The molecule has 2 unspecified atom stereocenters. The second kappa shape index (κ2) is 7.76. The van der Waals surface area contributed by atoms with Crippen molar-refractivity contribution < 1.29 is 13.9 Å². The van der Waals surface area contributed by atoms with E-state index in [0.29, 0.717) is 18.1 Å². The number of hydrogen-bond acceptors (Lipinski definition) is 3. The van der Waals surface area contributed by atoms with Crippen LogP contribution in [0.1, 0.15) is 50.6 Å². The zero-order chi connectivity index (χ0) is 15.2. The van der Waals surface area contributed by atoms with Crippen LogP contribution in [0.25, 0.3) is 0 Å². The molecular weight excluding hydrogens is 269 g/mol. The molecule has 0 radical (unpaired) electrons. The molecule has 0 saturated heterocycles.